The SMILES string of the molecule is Cc1ccc(C)c(C(=O)C2CCNc3ccccc32)c1. The number of ketones is 1. The Balaban J connectivity index is 2.02. The molecule has 20 heavy (non-hydrogen) atoms. The first-order valence-corrected chi connectivity index (χ1v) is 7.11. The average molecular weight is 265 g/mol. The second-order valence-corrected chi connectivity index (χ2v) is 5.54. The van der Waals surface area contributed by atoms with Gasteiger partial charge in [-0.05, 0) is 43.5 Å². The van der Waals surface area contributed by atoms with Crippen LogP contribution in [0.2, 0.25) is 0 Å². The summed E-state index contributed by atoms with van der Waals surface area (Å²) in [7, 11) is 0. The van der Waals surface area contributed by atoms with Crippen molar-refractivity contribution in [1.29, 1.82) is 0 Å². The highest BCUT2D eigenvalue weighted by molar-refractivity contribution is 6.03. The molecular weight excluding hydrogens is 246 g/mol. The minimum Gasteiger partial charge on any atom is -0.385 e. The third kappa shape index (κ3) is 2.22. The first kappa shape index (κ1) is 12.9. The Hall–Kier alpha value is -2.09. The lowest BCUT2D eigenvalue weighted by Gasteiger charge is -2.26. The fourth-order valence-corrected chi connectivity index (χ4v) is 2.93. The van der Waals surface area contributed by atoms with E-state index in [-0.39, 0.29) is 11.7 Å². The number of carbonyl (C=O) groups excluding carboxylic acids is 1. The van der Waals surface area contributed by atoms with Crippen LogP contribution >= 0.6 is 0 Å². The maximum absolute atomic E-state index is 12.9. The molecule has 0 fully saturated rings. The maximum Gasteiger partial charge on any atom is 0.170 e. The van der Waals surface area contributed by atoms with Crippen LogP contribution in [0, 0.1) is 13.8 Å². The number of carbonyl (C=O) groups is 1. The molecule has 0 amide bonds. The van der Waals surface area contributed by atoms with Crippen LogP contribution in [-0.4, -0.2) is 12.3 Å². The van der Waals surface area contributed by atoms with E-state index in [0.717, 1.165) is 40.9 Å². The molecule has 0 bridgehead atoms. The van der Waals surface area contributed by atoms with E-state index in [1.165, 1.54) is 0 Å². The van der Waals surface area contributed by atoms with Crippen LogP contribution in [0.3, 0.4) is 0 Å². The largest absolute Gasteiger partial charge is 0.385 e. The molecule has 2 aromatic carbocycles. The van der Waals surface area contributed by atoms with Crippen LogP contribution < -0.4 is 5.32 Å². The van der Waals surface area contributed by atoms with Gasteiger partial charge in [-0.2, -0.15) is 0 Å². The van der Waals surface area contributed by atoms with E-state index >= 15 is 0 Å². The molecule has 1 aliphatic heterocycles. The summed E-state index contributed by atoms with van der Waals surface area (Å²) in [4.78, 5) is 12.9. The van der Waals surface area contributed by atoms with Gasteiger partial charge in [-0.15, -0.1) is 0 Å². The first-order valence-electron chi connectivity index (χ1n) is 7.11. The monoisotopic (exact) mass is 265 g/mol. The van der Waals surface area contributed by atoms with Crippen LogP contribution in [0.25, 0.3) is 0 Å². The molecule has 0 aliphatic carbocycles. The predicted molar refractivity (Wildman–Crippen MR) is 82.5 cm³/mol. The number of benzene rings is 2. The lowest BCUT2D eigenvalue weighted by Crippen LogP contribution is -2.23. The molecule has 1 atom stereocenters. The number of anilines is 1. The lowest BCUT2D eigenvalue weighted by molar-refractivity contribution is 0.0954. The molecule has 102 valence electrons. The summed E-state index contributed by atoms with van der Waals surface area (Å²) in [5, 5.41) is 3.37. The number of fused-ring (bicyclic) bond motifs is 1. The van der Waals surface area contributed by atoms with Crippen LogP contribution in [0.4, 0.5) is 5.69 Å². The highest BCUT2D eigenvalue weighted by Gasteiger charge is 2.27. The van der Waals surface area contributed by atoms with E-state index in [1.54, 1.807) is 0 Å². The van der Waals surface area contributed by atoms with Gasteiger partial charge >= 0.3 is 0 Å². The molecule has 0 radical (unpaired) electrons. The van der Waals surface area contributed by atoms with Gasteiger partial charge in [-0.1, -0.05) is 35.9 Å². The second-order valence-electron chi connectivity index (χ2n) is 5.54. The third-order valence-corrected chi connectivity index (χ3v) is 4.06. The first-order chi connectivity index (χ1) is 9.66. The highest BCUT2D eigenvalue weighted by atomic mass is 16.1. The molecule has 2 heteroatoms. The molecule has 1 heterocycles. The van der Waals surface area contributed by atoms with Gasteiger partial charge in [0.05, 0.1) is 5.92 Å². The minimum absolute atomic E-state index is 0.0204. The zero-order valence-corrected chi connectivity index (χ0v) is 11.9. The van der Waals surface area contributed by atoms with Crippen molar-refractivity contribution in [2.24, 2.45) is 0 Å². The Morgan fingerprint density at radius 1 is 1.15 bits per heavy atom. The summed E-state index contributed by atoms with van der Waals surface area (Å²) in [6.45, 7) is 4.91. The number of hydrogen-bond donors (Lipinski definition) is 1. The molecule has 0 saturated carbocycles. The highest BCUT2D eigenvalue weighted by Crippen LogP contribution is 2.34. The van der Waals surface area contributed by atoms with Crippen LogP contribution in [-0.2, 0) is 0 Å². The van der Waals surface area contributed by atoms with Crippen molar-refractivity contribution in [3.63, 3.8) is 0 Å². The third-order valence-electron chi connectivity index (χ3n) is 4.06. The van der Waals surface area contributed by atoms with Crippen LogP contribution in [0.15, 0.2) is 42.5 Å². The molecule has 1 aliphatic rings. The standard InChI is InChI=1S/C18H19NO/c1-12-7-8-13(2)16(11-12)18(20)15-9-10-19-17-6-4-3-5-14(15)17/h3-8,11,15,19H,9-10H2,1-2H3. The zero-order valence-electron chi connectivity index (χ0n) is 11.9. The molecule has 0 spiro atoms. The van der Waals surface area contributed by atoms with Gasteiger partial charge < -0.3 is 5.32 Å². The quantitative estimate of drug-likeness (QED) is 0.829. The van der Waals surface area contributed by atoms with Gasteiger partial charge in [-0.3, -0.25) is 4.79 Å². The summed E-state index contributed by atoms with van der Waals surface area (Å²) >= 11 is 0. The molecule has 0 saturated heterocycles. The van der Waals surface area contributed by atoms with Crippen molar-refractivity contribution in [3.8, 4) is 0 Å². The summed E-state index contributed by atoms with van der Waals surface area (Å²) in [5.41, 5.74) is 5.30. The normalized spacial score (nSPS) is 17.2. The second kappa shape index (κ2) is 5.12. The van der Waals surface area contributed by atoms with Gasteiger partial charge in [0.25, 0.3) is 0 Å². The van der Waals surface area contributed by atoms with Gasteiger partial charge in [0.2, 0.25) is 0 Å². The zero-order chi connectivity index (χ0) is 14.1. The molecule has 2 nitrogen and oxygen atoms in total. The lowest BCUT2D eigenvalue weighted by atomic mass is 9.83. The van der Waals surface area contributed by atoms with Crippen molar-refractivity contribution in [2.45, 2.75) is 26.2 Å². The Kier molecular flexibility index (Phi) is 3.31. The van der Waals surface area contributed by atoms with Gasteiger partial charge in [0, 0.05) is 17.8 Å². The van der Waals surface area contributed by atoms with Crippen molar-refractivity contribution in [1.82, 2.24) is 0 Å². The van der Waals surface area contributed by atoms with Crippen LogP contribution in [0.5, 0.6) is 0 Å². The summed E-state index contributed by atoms with van der Waals surface area (Å²) in [5.74, 6) is 0.230. The van der Waals surface area contributed by atoms with Crippen LogP contribution in [0.1, 0.15) is 39.4 Å². The number of nitrogens with one attached hydrogen (secondary N) is 1. The van der Waals surface area contributed by atoms with E-state index in [2.05, 4.69) is 23.5 Å². The van der Waals surface area contributed by atoms with Crippen molar-refractivity contribution in [3.05, 3.63) is 64.7 Å². The molecule has 3 rings (SSSR count). The summed E-state index contributed by atoms with van der Waals surface area (Å²) in [6, 6.07) is 14.2. The predicted octanol–water partition coefficient (Wildman–Crippen LogP) is 4.09. The number of hydrogen-bond acceptors (Lipinski definition) is 2. The molecule has 1 unspecified atom stereocenters. The maximum atomic E-state index is 12.9. The molecule has 1 N–H and O–H groups in total. The summed E-state index contributed by atoms with van der Waals surface area (Å²) in [6.07, 6.45) is 0.864. The van der Waals surface area contributed by atoms with Gasteiger partial charge in [0.15, 0.2) is 5.78 Å². The minimum atomic E-state index is -0.0204. The number of rotatable bonds is 2. The van der Waals surface area contributed by atoms with E-state index in [1.807, 2.05) is 38.1 Å². The average Bonchev–Trinajstić information content (AvgIpc) is 2.48. The van der Waals surface area contributed by atoms with Crippen molar-refractivity contribution >= 4 is 11.5 Å². The number of aryl methyl sites for hydroxylation is 2. The van der Waals surface area contributed by atoms with Gasteiger partial charge in [-0.25, -0.2) is 0 Å². The van der Waals surface area contributed by atoms with E-state index in [4.69, 9.17) is 0 Å². The van der Waals surface area contributed by atoms with Crippen molar-refractivity contribution < 1.29 is 4.79 Å². The molecular formula is C18H19NO. The van der Waals surface area contributed by atoms with E-state index in [9.17, 15) is 4.79 Å². The Morgan fingerprint density at radius 2 is 1.95 bits per heavy atom. The van der Waals surface area contributed by atoms with E-state index in [0.29, 0.717) is 0 Å². The topological polar surface area (TPSA) is 29.1 Å². The van der Waals surface area contributed by atoms with Crippen molar-refractivity contribution in [2.75, 3.05) is 11.9 Å². The van der Waals surface area contributed by atoms with E-state index < -0.39 is 0 Å². The fourth-order valence-electron chi connectivity index (χ4n) is 2.93. The molecule has 0 aromatic heterocycles. The molecule has 2 aromatic rings. The Morgan fingerprint density at radius 3 is 2.80 bits per heavy atom. The van der Waals surface area contributed by atoms with Gasteiger partial charge in [0.1, 0.15) is 0 Å². The Bertz CT molecular complexity index is 660. The number of para-hydroxylation sites is 1. The smallest absolute Gasteiger partial charge is 0.170 e. The Labute approximate surface area is 119 Å². The number of Topliss-reactive ketones (excluding diaryl/α,β-unsaturated/α-hetero) is 1. The fraction of sp³-hybridized carbons (Fsp3) is 0.278. The summed E-state index contributed by atoms with van der Waals surface area (Å²) < 4.78 is 0.